The Hall–Kier alpha value is -3.06. The number of pyridine rings is 2. The summed E-state index contributed by atoms with van der Waals surface area (Å²) in [7, 11) is 0. The molecule has 1 saturated heterocycles. The molecule has 3 aromatic heterocycles. The second kappa shape index (κ2) is 7.75. The summed E-state index contributed by atoms with van der Waals surface area (Å²) >= 11 is 0. The standard InChI is InChI=1S/C22H24N6O/c1-15-17(8-9-20(24-15)28-11-13-29-14-12-28)25-21-16-5-4-7-18(16)26-22(27-21)19-6-2-3-10-23-19/h2-3,6,8-10H,4-5,7,11-14H2,1H3,(H,25,26,27). The normalized spacial score (nSPS) is 16.0. The van der Waals surface area contributed by atoms with Crippen molar-refractivity contribution in [2.75, 3.05) is 36.5 Å². The van der Waals surface area contributed by atoms with Crippen LogP contribution in [0.25, 0.3) is 11.5 Å². The molecule has 0 bridgehead atoms. The van der Waals surface area contributed by atoms with E-state index in [4.69, 9.17) is 19.7 Å². The Kier molecular flexibility index (Phi) is 4.81. The van der Waals surface area contributed by atoms with Gasteiger partial charge in [0.15, 0.2) is 5.82 Å². The fourth-order valence-corrected chi connectivity index (χ4v) is 3.92. The quantitative estimate of drug-likeness (QED) is 0.735. The van der Waals surface area contributed by atoms with Gasteiger partial charge in [-0.1, -0.05) is 6.07 Å². The third-order valence-corrected chi connectivity index (χ3v) is 5.49. The number of hydrogen-bond donors (Lipinski definition) is 1. The summed E-state index contributed by atoms with van der Waals surface area (Å²) in [6.45, 7) is 5.31. The molecule has 0 unspecified atom stereocenters. The number of hydrogen-bond acceptors (Lipinski definition) is 7. The third kappa shape index (κ3) is 3.65. The second-order valence-electron chi connectivity index (χ2n) is 7.42. The van der Waals surface area contributed by atoms with E-state index in [9.17, 15) is 0 Å². The zero-order valence-electron chi connectivity index (χ0n) is 16.6. The summed E-state index contributed by atoms with van der Waals surface area (Å²) in [5, 5.41) is 3.53. The lowest BCUT2D eigenvalue weighted by molar-refractivity contribution is 0.122. The molecule has 148 valence electrons. The summed E-state index contributed by atoms with van der Waals surface area (Å²) < 4.78 is 5.44. The Morgan fingerprint density at radius 3 is 2.69 bits per heavy atom. The maximum atomic E-state index is 5.44. The number of ether oxygens (including phenoxy) is 1. The highest BCUT2D eigenvalue weighted by Crippen LogP contribution is 2.31. The summed E-state index contributed by atoms with van der Waals surface area (Å²) in [5.41, 5.74) is 5.06. The molecule has 5 rings (SSSR count). The Bertz CT molecular complexity index is 1020. The number of anilines is 3. The van der Waals surface area contributed by atoms with Crippen LogP contribution in [0.5, 0.6) is 0 Å². The highest BCUT2D eigenvalue weighted by atomic mass is 16.5. The van der Waals surface area contributed by atoms with Crippen LogP contribution in [0.4, 0.5) is 17.3 Å². The molecule has 1 aliphatic heterocycles. The zero-order chi connectivity index (χ0) is 19.6. The van der Waals surface area contributed by atoms with Crippen LogP contribution in [-0.4, -0.2) is 46.2 Å². The van der Waals surface area contributed by atoms with E-state index in [1.54, 1.807) is 6.20 Å². The van der Waals surface area contributed by atoms with Crippen LogP contribution in [0.15, 0.2) is 36.5 Å². The van der Waals surface area contributed by atoms with Crippen molar-refractivity contribution in [2.24, 2.45) is 0 Å². The summed E-state index contributed by atoms with van der Waals surface area (Å²) in [6.07, 6.45) is 4.87. The number of nitrogens with one attached hydrogen (secondary N) is 1. The van der Waals surface area contributed by atoms with Crippen molar-refractivity contribution in [1.29, 1.82) is 0 Å². The smallest absolute Gasteiger partial charge is 0.180 e. The Morgan fingerprint density at radius 2 is 1.90 bits per heavy atom. The van der Waals surface area contributed by atoms with E-state index in [0.29, 0.717) is 5.82 Å². The summed E-state index contributed by atoms with van der Waals surface area (Å²) in [4.78, 5) is 21.1. The van der Waals surface area contributed by atoms with E-state index in [-0.39, 0.29) is 0 Å². The monoisotopic (exact) mass is 388 g/mol. The molecule has 1 fully saturated rings. The van der Waals surface area contributed by atoms with Gasteiger partial charge in [0, 0.05) is 30.5 Å². The number of nitrogens with zero attached hydrogens (tertiary/aromatic N) is 5. The van der Waals surface area contributed by atoms with E-state index in [2.05, 4.69) is 27.3 Å². The first-order valence-corrected chi connectivity index (χ1v) is 10.2. The predicted molar refractivity (Wildman–Crippen MR) is 113 cm³/mol. The first kappa shape index (κ1) is 18.0. The fourth-order valence-electron chi connectivity index (χ4n) is 3.92. The van der Waals surface area contributed by atoms with Gasteiger partial charge in [-0.2, -0.15) is 0 Å². The molecule has 29 heavy (non-hydrogen) atoms. The van der Waals surface area contributed by atoms with E-state index >= 15 is 0 Å². The lowest BCUT2D eigenvalue weighted by atomic mass is 10.2. The van der Waals surface area contributed by atoms with Crippen molar-refractivity contribution < 1.29 is 4.74 Å². The van der Waals surface area contributed by atoms with E-state index in [0.717, 1.165) is 80.0 Å². The Balaban J connectivity index is 1.46. The second-order valence-corrected chi connectivity index (χ2v) is 7.42. The third-order valence-electron chi connectivity index (χ3n) is 5.49. The van der Waals surface area contributed by atoms with Gasteiger partial charge in [-0.15, -0.1) is 0 Å². The van der Waals surface area contributed by atoms with Gasteiger partial charge in [-0.05, 0) is 50.5 Å². The molecule has 0 saturated carbocycles. The average Bonchev–Trinajstić information content (AvgIpc) is 3.25. The van der Waals surface area contributed by atoms with Crippen molar-refractivity contribution in [3.8, 4) is 11.5 Å². The fraction of sp³-hybridized carbons (Fsp3) is 0.364. The highest BCUT2D eigenvalue weighted by Gasteiger charge is 2.21. The van der Waals surface area contributed by atoms with Crippen molar-refractivity contribution in [2.45, 2.75) is 26.2 Å². The molecule has 0 spiro atoms. The van der Waals surface area contributed by atoms with Crippen LogP contribution in [-0.2, 0) is 17.6 Å². The number of aryl methyl sites for hydroxylation is 2. The van der Waals surface area contributed by atoms with Crippen molar-refractivity contribution in [1.82, 2.24) is 19.9 Å². The van der Waals surface area contributed by atoms with Gasteiger partial charge in [0.2, 0.25) is 0 Å². The van der Waals surface area contributed by atoms with Crippen molar-refractivity contribution >= 4 is 17.3 Å². The summed E-state index contributed by atoms with van der Waals surface area (Å²) in [6, 6.07) is 9.98. The first-order chi connectivity index (χ1) is 14.3. The van der Waals surface area contributed by atoms with Gasteiger partial charge >= 0.3 is 0 Å². The number of fused-ring (bicyclic) bond motifs is 1. The molecule has 0 amide bonds. The van der Waals surface area contributed by atoms with Crippen LogP contribution < -0.4 is 10.2 Å². The van der Waals surface area contributed by atoms with Crippen LogP contribution in [0.2, 0.25) is 0 Å². The van der Waals surface area contributed by atoms with Gasteiger partial charge in [-0.25, -0.2) is 15.0 Å². The molecule has 0 atom stereocenters. The number of rotatable bonds is 4. The largest absolute Gasteiger partial charge is 0.378 e. The first-order valence-electron chi connectivity index (χ1n) is 10.2. The number of aromatic nitrogens is 4. The minimum absolute atomic E-state index is 0.671. The molecule has 0 radical (unpaired) electrons. The molecule has 1 aliphatic carbocycles. The van der Waals surface area contributed by atoms with E-state index in [1.807, 2.05) is 25.1 Å². The molecule has 4 heterocycles. The lowest BCUT2D eigenvalue weighted by Crippen LogP contribution is -2.36. The SMILES string of the molecule is Cc1nc(N2CCOCC2)ccc1Nc1nc(-c2ccccn2)nc2c1CCC2. The predicted octanol–water partition coefficient (Wildman–Crippen LogP) is 3.31. The van der Waals surface area contributed by atoms with E-state index < -0.39 is 0 Å². The highest BCUT2D eigenvalue weighted by molar-refractivity contribution is 5.66. The maximum absolute atomic E-state index is 5.44. The van der Waals surface area contributed by atoms with Crippen LogP contribution in [0.1, 0.15) is 23.4 Å². The molecule has 1 N–H and O–H groups in total. The lowest BCUT2D eigenvalue weighted by Gasteiger charge is -2.28. The molecule has 7 heteroatoms. The number of morpholine rings is 1. The molecular weight excluding hydrogens is 364 g/mol. The van der Waals surface area contributed by atoms with Gasteiger partial charge in [0.05, 0.1) is 24.6 Å². The van der Waals surface area contributed by atoms with Crippen LogP contribution in [0.3, 0.4) is 0 Å². The summed E-state index contributed by atoms with van der Waals surface area (Å²) in [5.74, 6) is 2.54. The zero-order valence-corrected chi connectivity index (χ0v) is 16.6. The van der Waals surface area contributed by atoms with Gasteiger partial charge in [0.25, 0.3) is 0 Å². The molecule has 0 aromatic carbocycles. The maximum Gasteiger partial charge on any atom is 0.180 e. The van der Waals surface area contributed by atoms with Gasteiger partial charge < -0.3 is 15.0 Å². The molecule has 7 nitrogen and oxygen atoms in total. The molecule has 3 aromatic rings. The van der Waals surface area contributed by atoms with Crippen LogP contribution >= 0.6 is 0 Å². The Labute approximate surface area is 170 Å². The Morgan fingerprint density at radius 1 is 1.00 bits per heavy atom. The van der Waals surface area contributed by atoms with E-state index in [1.165, 1.54) is 5.56 Å². The van der Waals surface area contributed by atoms with Crippen LogP contribution in [0, 0.1) is 6.92 Å². The minimum atomic E-state index is 0.671. The average molecular weight is 388 g/mol. The minimum Gasteiger partial charge on any atom is -0.378 e. The van der Waals surface area contributed by atoms with Crippen molar-refractivity contribution in [3.63, 3.8) is 0 Å². The molecular formula is C22H24N6O. The topological polar surface area (TPSA) is 76.1 Å². The molecule has 2 aliphatic rings. The van der Waals surface area contributed by atoms with Gasteiger partial charge in [0.1, 0.15) is 17.3 Å². The van der Waals surface area contributed by atoms with Gasteiger partial charge in [-0.3, -0.25) is 4.98 Å². The van der Waals surface area contributed by atoms with Crippen molar-refractivity contribution in [3.05, 3.63) is 53.5 Å².